The van der Waals surface area contributed by atoms with Crippen molar-refractivity contribution in [3.63, 3.8) is 0 Å². The lowest BCUT2D eigenvalue weighted by molar-refractivity contribution is -0.115. The van der Waals surface area contributed by atoms with E-state index in [1.165, 1.54) is 11.8 Å². The highest BCUT2D eigenvalue weighted by Crippen LogP contribution is 2.30. The van der Waals surface area contributed by atoms with Crippen molar-refractivity contribution in [2.75, 3.05) is 0 Å². The van der Waals surface area contributed by atoms with Crippen LogP contribution in [0.3, 0.4) is 0 Å². The van der Waals surface area contributed by atoms with Gasteiger partial charge in [-0.15, -0.1) is 0 Å². The molecule has 2 N–H and O–H groups in total. The summed E-state index contributed by atoms with van der Waals surface area (Å²) in [6, 6.07) is 19.8. The number of carbonyl (C=O) groups is 2. The smallest absolute Gasteiger partial charge is 0.335 e. The number of ether oxygens (including phenoxy) is 1. The highest BCUT2D eigenvalue weighted by Gasteiger charge is 2.24. The lowest BCUT2D eigenvalue weighted by Crippen LogP contribution is -2.19. The van der Waals surface area contributed by atoms with E-state index in [4.69, 9.17) is 9.84 Å². The van der Waals surface area contributed by atoms with Gasteiger partial charge in [0.2, 0.25) is 0 Å². The van der Waals surface area contributed by atoms with E-state index in [1.54, 1.807) is 24.3 Å². The fourth-order valence-corrected chi connectivity index (χ4v) is 4.42. The number of benzene rings is 3. The molecular weight excluding hydrogens is 504 g/mol. The van der Waals surface area contributed by atoms with Crippen LogP contribution in [0.2, 0.25) is 0 Å². The number of thioether (sulfide) groups is 1. The molecule has 0 aromatic heterocycles. The molecule has 0 saturated carbocycles. The molecule has 0 aliphatic carbocycles. The Hall–Kier alpha value is -3.36. The summed E-state index contributed by atoms with van der Waals surface area (Å²) in [6.45, 7) is 2.23. The Morgan fingerprint density at radius 2 is 1.94 bits per heavy atom. The van der Waals surface area contributed by atoms with Gasteiger partial charge in [-0.1, -0.05) is 40.2 Å². The van der Waals surface area contributed by atoms with Gasteiger partial charge in [-0.05, 0) is 83.9 Å². The van der Waals surface area contributed by atoms with Gasteiger partial charge in [-0.2, -0.15) is 0 Å². The SMILES string of the molecule is Cc1cc(Br)ccc1N=C1NC(=O)/C(=C/c2ccc(OCc3cccc(C(=O)O)c3)cc2)S1. The number of aryl methyl sites for hydroxylation is 1. The third-order valence-corrected chi connectivity index (χ3v) is 6.19. The Labute approximate surface area is 203 Å². The average molecular weight is 523 g/mol. The van der Waals surface area contributed by atoms with Crippen LogP contribution in [0.4, 0.5) is 5.69 Å². The van der Waals surface area contributed by atoms with E-state index in [9.17, 15) is 9.59 Å². The molecule has 0 spiro atoms. The first kappa shape index (κ1) is 22.8. The van der Waals surface area contributed by atoms with E-state index < -0.39 is 5.97 Å². The minimum absolute atomic E-state index is 0.188. The Kier molecular flexibility index (Phi) is 6.96. The molecular formula is C25H19BrN2O4S. The van der Waals surface area contributed by atoms with E-state index in [2.05, 4.69) is 26.2 Å². The molecule has 1 aliphatic heterocycles. The standard InChI is InChI=1S/C25H19BrN2O4S/c1-15-11-19(26)7-10-21(15)27-25-28-23(29)22(33-25)13-16-5-8-20(9-6-16)32-14-17-3-2-4-18(12-17)24(30)31/h2-13H,14H2,1H3,(H,30,31)(H,27,28,29)/b22-13-. The summed E-state index contributed by atoms with van der Waals surface area (Å²) in [4.78, 5) is 28.6. The number of carboxylic acids is 1. The summed E-state index contributed by atoms with van der Waals surface area (Å²) < 4.78 is 6.74. The highest BCUT2D eigenvalue weighted by molar-refractivity contribution is 9.10. The fourth-order valence-electron chi connectivity index (χ4n) is 3.11. The number of aromatic carboxylic acids is 1. The van der Waals surface area contributed by atoms with Crippen LogP contribution in [-0.4, -0.2) is 22.2 Å². The number of rotatable bonds is 6. The molecule has 3 aromatic carbocycles. The first-order chi connectivity index (χ1) is 15.9. The predicted octanol–water partition coefficient (Wildman–Crippen LogP) is 5.93. The number of hydrogen-bond acceptors (Lipinski definition) is 5. The summed E-state index contributed by atoms with van der Waals surface area (Å²) in [5.74, 6) is -0.509. The van der Waals surface area contributed by atoms with Gasteiger partial charge in [0.25, 0.3) is 5.91 Å². The summed E-state index contributed by atoms with van der Waals surface area (Å²) in [6.07, 6.45) is 1.80. The molecule has 1 saturated heterocycles. The van der Waals surface area contributed by atoms with Crippen LogP contribution in [0.15, 0.2) is 81.1 Å². The monoisotopic (exact) mass is 522 g/mol. The van der Waals surface area contributed by atoms with Crippen LogP contribution in [0.25, 0.3) is 6.08 Å². The summed E-state index contributed by atoms with van der Waals surface area (Å²) >= 11 is 4.73. The maximum atomic E-state index is 12.4. The van der Waals surface area contributed by atoms with Crippen molar-refractivity contribution in [2.24, 2.45) is 4.99 Å². The molecule has 1 fully saturated rings. The molecule has 1 heterocycles. The fraction of sp³-hybridized carbons (Fsp3) is 0.0800. The molecule has 0 atom stereocenters. The molecule has 166 valence electrons. The first-order valence-electron chi connectivity index (χ1n) is 9.98. The van der Waals surface area contributed by atoms with Gasteiger partial charge in [0.1, 0.15) is 12.4 Å². The topological polar surface area (TPSA) is 88.0 Å². The summed E-state index contributed by atoms with van der Waals surface area (Å²) in [5, 5.41) is 12.4. The third kappa shape index (κ3) is 5.91. The van der Waals surface area contributed by atoms with E-state index in [0.29, 0.717) is 15.8 Å². The van der Waals surface area contributed by atoms with Crippen LogP contribution in [0, 0.1) is 6.92 Å². The van der Waals surface area contributed by atoms with Crippen LogP contribution >= 0.6 is 27.7 Å². The number of amides is 1. The van der Waals surface area contributed by atoms with Gasteiger partial charge in [0.05, 0.1) is 16.2 Å². The van der Waals surface area contributed by atoms with Crippen molar-refractivity contribution < 1.29 is 19.4 Å². The molecule has 1 amide bonds. The average Bonchev–Trinajstić information content (AvgIpc) is 3.14. The van der Waals surface area contributed by atoms with Crippen LogP contribution in [0.5, 0.6) is 5.75 Å². The minimum Gasteiger partial charge on any atom is -0.489 e. The normalized spacial score (nSPS) is 15.6. The maximum Gasteiger partial charge on any atom is 0.335 e. The summed E-state index contributed by atoms with van der Waals surface area (Å²) in [5.41, 5.74) is 3.66. The molecule has 1 aliphatic rings. The number of carbonyl (C=O) groups excluding carboxylic acids is 1. The lowest BCUT2D eigenvalue weighted by atomic mass is 10.1. The summed E-state index contributed by atoms with van der Waals surface area (Å²) in [7, 11) is 0. The second kappa shape index (κ2) is 10.1. The second-order valence-electron chi connectivity index (χ2n) is 7.28. The Morgan fingerprint density at radius 1 is 1.15 bits per heavy atom. The van der Waals surface area contributed by atoms with Gasteiger partial charge < -0.3 is 15.2 Å². The van der Waals surface area contributed by atoms with E-state index in [-0.39, 0.29) is 18.1 Å². The van der Waals surface area contributed by atoms with Crippen molar-refractivity contribution in [2.45, 2.75) is 13.5 Å². The number of hydrogen-bond donors (Lipinski definition) is 2. The molecule has 0 radical (unpaired) electrons. The molecule has 8 heteroatoms. The van der Waals surface area contributed by atoms with E-state index >= 15 is 0 Å². The number of halogens is 1. The third-order valence-electron chi connectivity index (χ3n) is 4.79. The quantitative estimate of drug-likeness (QED) is 0.392. The van der Waals surface area contributed by atoms with Crippen LogP contribution < -0.4 is 10.1 Å². The van der Waals surface area contributed by atoms with Gasteiger partial charge in [-0.3, -0.25) is 4.79 Å². The Bertz CT molecular complexity index is 1290. The van der Waals surface area contributed by atoms with Crippen molar-refractivity contribution in [3.8, 4) is 5.75 Å². The number of amidine groups is 1. The number of aliphatic imine (C=N–C) groups is 1. The highest BCUT2D eigenvalue weighted by atomic mass is 79.9. The Balaban J connectivity index is 1.41. The number of carboxylic acid groups (broad SMARTS) is 1. The van der Waals surface area contributed by atoms with Crippen molar-refractivity contribution in [3.05, 3.63) is 98.4 Å². The maximum absolute atomic E-state index is 12.4. The predicted molar refractivity (Wildman–Crippen MR) is 134 cm³/mol. The minimum atomic E-state index is -0.969. The van der Waals surface area contributed by atoms with Crippen molar-refractivity contribution >= 4 is 56.5 Å². The molecule has 0 bridgehead atoms. The van der Waals surface area contributed by atoms with Crippen molar-refractivity contribution in [1.29, 1.82) is 0 Å². The Morgan fingerprint density at radius 3 is 2.67 bits per heavy atom. The molecule has 4 rings (SSSR count). The van der Waals surface area contributed by atoms with Gasteiger partial charge in [-0.25, -0.2) is 9.79 Å². The van der Waals surface area contributed by atoms with E-state index in [1.807, 2.05) is 55.5 Å². The zero-order valence-corrected chi connectivity index (χ0v) is 19.9. The number of nitrogens with zero attached hydrogens (tertiary/aromatic N) is 1. The van der Waals surface area contributed by atoms with Gasteiger partial charge >= 0.3 is 5.97 Å². The van der Waals surface area contributed by atoms with Crippen LogP contribution in [0.1, 0.15) is 27.0 Å². The second-order valence-corrected chi connectivity index (χ2v) is 9.22. The first-order valence-corrected chi connectivity index (χ1v) is 11.6. The molecule has 0 unspecified atom stereocenters. The number of nitrogens with one attached hydrogen (secondary N) is 1. The van der Waals surface area contributed by atoms with Crippen molar-refractivity contribution in [1.82, 2.24) is 5.32 Å². The zero-order chi connectivity index (χ0) is 23.4. The van der Waals surface area contributed by atoms with E-state index in [0.717, 1.165) is 26.9 Å². The van der Waals surface area contributed by atoms with Crippen LogP contribution in [-0.2, 0) is 11.4 Å². The van der Waals surface area contributed by atoms with Gasteiger partial charge in [0, 0.05) is 4.47 Å². The molecule has 33 heavy (non-hydrogen) atoms. The largest absolute Gasteiger partial charge is 0.489 e. The molecule has 3 aromatic rings. The van der Waals surface area contributed by atoms with Gasteiger partial charge in [0.15, 0.2) is 5.17 Å². The molecule has 6 nitrogen and oxygen atoms in total. The lowest BCUT2D eigenvalue weighted by Gasteiger charge is -2.07. The zero-order valence-electron chi connectivity index (χ0n) is 17.5.